The molecule has 0 aliphatic carbocycles. The molecule has 2 atom stereocenters. The number of hydrogen-bond acceptors (Lipinski definition) is 3. The molecule has 0 bridgehead atoms. The van der Waals surface area contributed by atoms with Crippen LogP contribution in [0.1, 0.15) is 31.7 Å². The number of anilines is 1. The summed E-state index contributed by atoms with van der Waals surface area (Å²) in [4.78, 5) is 17.3. The highest BCUT2D eigenvalue weighted by atomic mass is 32.1. The smallest absolute Gasteiger partial charge is 0.222 e. The van der Waals surface area contributed by atoms with Gasteiger partial charge in [0.05, 0.1) is 37.1 Å². The highest BCUT2D eigenvalue weighted by Crippen LogP contribution is 2.21. The zero-order valence-corrected chi connectivity index (χ0v) is 17.1. The topological polar surface area (TPSA) is 36.8 Å². The van der Waals surface area contributed by atoms with E-state index in [4.69, 9.17) is 0 Å². The number of nitrogens with one attached hydrogen (secondary N) is 2. The van der Waals surface area contributed by atoms with Gasteiger partial charge in [-0.2, -0.15) is 0 Å². The molecule has 1 saturated heterocycles. The molecule has 0 saturated carbocycles. The maximum Gasteiger partial charge on any atom is 0.222 e. The summed E-state index contributed by atoms with van der Waals surface area (Å²) in [5.74, 6) is -0.106. The van der Waals surface area contributed by atoms with Crippen molar-refractivity contribution in [1.29, 1.82) is 0 Å². The van der Waals surface area contributed by atoms with Crippen LogP contribution in [-0.4, -0.2) is 38.1 Å². The largest absolute Gasteiger partial charge is 0.360 e. The van der Waals surface area contributed by atoms with Crippen molar-refractivity contribution in [3.63, 3.8) is 0 Å². The fourth-order valence-electron chi connectivity index (χ4n) is 3.76. The molecule has 1 fully saturated rings. The predicted molar refractivity (Wildman–Crippen MR) is 109 cm³/mol. The molecule has 0 radical (unpaired) electrons. The second kappa shape index (κ2) is 8.85. The van der Waals surface area contributed by atoms with Crippen LogP contribution in [0.3, 0.4) is 0 Å². The Hall–Kier alpha value is -1.92. The predicted octanol–water partition coefficient (Wildman–Crippen LogP) is 2.49. The highest BCUT2D eigenvalue weighted by Gasteiger charge is 2.34. The molecule has 1 amide bonds. The van der Waals surface area contributed by atoms with E-state index in [0.29, 0.717) is 0 Å². The molecular weight excluding hydrogens is 361 g/mol. The first kappa shape index (κ1) is 19.8. The van der Waals surface area contributed by atoms with Gasteiger partial charge in [-0.05, 0) is 42.6 Å². The van der Waals surface area contributed by atoms with E-state index in [1.54, 1.807) is 11.3 Å². The number of carbonyl (C=O) groups excluding carboxylic acids is 1. The maximum absolute atomic E-state index is 13.2. The van der Waals surface area contributed by atoms with Gasteiger partial charge in [0.2, 0.25) is 5.91 Å². The molecule has 2 N–H and O–H groups in total. The van der Waals surface area contributed by atoms with Gasteiger partial charge in [0.25, 0.3) is 0 Å². The second-order valence-electron chi connectivity index (χ2n) is 7.57. The van der Waals surface area contributed by atoms with Crippen LogP contribution in [-0.2, 0) is 4.79 Å². The normalized spacial score (nSPS) is 17.7. The molecule has 1 aliphatic rings. The number of thiophene rings is 1. The second-order valence-corrected chi connectivity index (χ2v) is 8.55. The molecule has 0 spiro atoms. The third-order valence-corrected chi connectivity index (χ3v) is 6.24. The number of amides is 1. The van der Waals surface area contributed by atoms with Crippen LogP contribution in [0.15, 0.2) is 41.8 Å². The summed E-state index contributed by atoms with van der Waals surface area (Å²) < 4.78 is 13.2. The molecule has 4 nitrogen and oxygen atoms in total. The average molecular weight is 391 g/mol. The minimum absolute atomic E-state index is 0.0123. The summed E-state index contributed by atoms with van der Waals surface area (Å²) in [5, 5.41) is 5.31. The number of rotatable bonds is 6. The number of nitrogens with zero attached hydrogens (tertiary/aromatic N) is 1. The van der Waals surface area contributed by atoms with E-state index in [1.807, 2.05) is 26.0 Å². The molecule has 2 aromatic rings. The van der Waals surface area contributed by atoms with Crippen LogP contribution in [0, 0.1) is 11.7 Å². The third-order valence-electron chi connectivity index (χ3n) is 5.28. The zero-order valence-electron chi connectivity index (χ0n) is 16.2. The molecule has 6 heteroatoms. The van der Waals surface area contributed by atoms with Crippen molar-refractivity contribution in [1.82, 2.24) is 5.32 Å². The number of quaternary nitrogens is 1. The van der Waals surface area contributed by atoms with Gasteiger partial charge >= 0.3 is 0 Å². The van der Waals surface area contributed by atoms with Gasteiger partial charge in [-0.25, -0.2) is 4.39 Å². The standard InChI is InChI=1S/C21H28FN3OS/c1-15(2)21(26)23-16(3)20(19-5-4-14-27-19)25-12-10-24(11-13-25)18-8-6-17(22)7-9-18/h4-9,14-16,20H,10-13H2,1-3H3,(H,23,26)/p+1/t16-,20+/m0/s1. The summed E-state index contributed by atoms with van der Waals surface area (Å²) in [6, 6.07) is 11.3. The molecule has 2 heterocycles. The van der Waals surface area contributed by atoms with Gasteiger partial charge in [-0.15, -0.1) is 11.3 Å². The minimum atomic E-state index is -0.199. The van der Waals surface area contributed by atoms with E-state index in [1.165, 1.54) is 21.9 Å². The van der Waals surface area contributed by atoms with E-state index in [2.05, 4.69) is 34.7 Å². The summed E-state index contributed by atoms with van der Waals surface area (Å²) >= 11 is 1.76. The molecule has 1 aromatic heterocycles. The van der Waals surface area contributed by atoms with Crippen LogP contribution in [0.4, 0.5) is 10.1 Å². The number of hydrogen-bond donors (Lipinski definition) is 2. The van der Waals surface area contributed by atoms with Gasteiger partial charge in [0.15, 0.2) is 0 Å². The first-order valence-corrected chi connectivity index (χ1v) is 10.5. The van der Waals surface area contributed by atoms with Crippen LogP contribution in [0.5, 0.6) is 0 Å². The average Bonchev–Trinajstić information content (AvgIpc) is 3.17. The van der Waals surface area contributed by atoms with Crippen molar-refractivity contribution in [2.45, 2.75) is 32.9 Å². The Bertz CT molecular complexity index is 724. The van der Waals surface area contributed by atoms with Gasteiger partial charge < -0.3 is 15.1 Å². The highest BCUT2D eigenvalue weighted by molar-refractivity contribution is 7.10. The lowest BCUT2D eigenvalue weighted by atomic mass is 10.0. The van der Waals surface area contributed by atoms with Crippen LogP contribution >= 0.6 is 11.3 Å². The van der Waals surface area contributed by atoms with Gasteiger partial charge in [0.1, 0.15) is 11.9 Å². The van der Waals surface area contributed by atoms with E-state index in [-0.39, 0.29) is 29.7 Å². The molecule has 3 rings (SSSR count). The zero-order chi connectivity index (χ0) is 19.4. The number of piperazine rings is 1. The van der Waals surface area contributed by atoms with E-state index in [9.17, 15) is 9.18 Å². The van der Waals surface area contributed by atoms with Gasteiger partial charge in [0, 0.05) is 11.6 Å². The van der Waals surface area contributed by atoms with Crippen LogP contribution in [0.2, 0.25) is 0 Å². The number of carbonyl (C=O) groups is 1. The van der Waals surface area contributed by atoms with Crippen molar-refractivity contribution in [3.05, 3.63) is 52.5 Å². The molecule has 27 heavy (non-hydrogen) atoms. The molecule has 1 aliphatic heterocycles. The molecule has 146 valence electrons. The Morgan fingerprint density at radius 2 is 1.81 bits per heavy atom. The van der Waals surface area contributed by atoms with Gasteiger partial charge in [-0.1, -0.05) is 19.9 Å². The molecular formula is C21H29FN3OS+. The molecule has 0 unspecified atom stereocenters. The van der Waals surface area contributed by atoms with Crippen molar-refractivity contribution < 1.29 is 14.1 Å². The fourth-order valence-corrected chi connectivity index (χ4v) is 4.75. The monoisotopic (exact) mass is 390 g/mol. The van der Waals surface area contributed by atoms with E-state index in [0.717, 1.165) is 31.9 Å². The maximum atomic E-state index is 13.2. The first-order valence-electron chi connectivity index (χ1n) is 9.64. The van der Waals surface area contributed by atoms with E-state index < -0.39 is 0 Å². The minimum Gasteiger partial charge on any atom is -0.360 e. The lowest BCUT2D eigenvalue weighted by Gasteiger charge is -2.39. The number of benzene rings is 1. The number of halogens is 1. The Morgan fingerprint density at radius 1 is 1.15 bits per heavy atom. The Kier molecular flexibility index (Phi) is 6.50. The lowest BCUT2D eigenvalue weighted by Crippen LogP contribution is -3.16. The molecule has 1 aromatic carbocycles. The quantitative estimate of drug-likeness (QED) is 0.795. The van der Waals surface area contributed by atoms with Crippen molar-refractivity contribution in [2.75, 3.05) is 31.1 Å². The SMILES string of the molecule is CC(C)C(=O)N[C@@H](C)[C@H](c1cccs1)[NH+]1CCN(c2ccc(F)cc2)CC1. The van der Waals surface area contributed by atoms with Crippen LogP contribution < -0.4 is 15.1 Å². The Balaban J connectivity index is 1.69. The summed E-state index contributed by atoms with van der Waals surface area (Å²) in [7, 11) is 0. The van der Waals surface area contributed by atoms with E-state index >= 15 is 0 Å². The first-order chi connectivity index (χ1) is 13.0. The summed E-state index contributed by atoms with van der Waals surface area (Å²) in [5.41, 5.74) is 1.07. The van der Waals surface area contributed by atoms with Crippen molar-refractivity contribution in [2.24, 2.45) is 5.92 Å². The van der Waals surface area contributed by atoms with Crippen LogP contribution in [0.25, 0.3) is 0 Å². The summed E-state index contributed by atoms with van der Waals surface area (Å²) in [6.45, 7) is 9.79. The Labute approximate surface area is 165 Å². The Morgan fingerprint density at radius 3 is 2.37 bits per heavy atom. The summed E-state index contributed by atoms with van der Waals surface area (Å²) in [6.07, 6.45) is 0. The van der Waals surface area contributed by atoms with Crippen molar-refractivity contribution >= 4 is 22.9 Å². The van der Waals surface area contributed by atoms with Gasteiger partial charge in [-0.3, -0.25) is 4.79 Å². The third kappa shape index (κ3) is 4.87. The van der Waals surface area contributed by atoms with Crippen molar-refractivity contribution in [3.8, 4) is 0 Å². The fraction of sp³-hybridized carbons (Fsp3) is 0.476. The lowest BCUT2D eigenvalue weighted by molar-refractivity contribution is -0.933.